The molecule has 0 amide bonds. The van der Waals surface area contributed by atoms with Crippen molar-refractivity contribution in [3.8, 4) is 5.82 Å². The fraction of sp³-hybridized carbons (Fsp3) is 0.750. The predicted octanol–water partition coefficient (Wildman–Crippen LogP) is 2.88. The van der Waals surface area contributed by atoms with E-state index in [1.807, 2.05) is 0 Å². The first kappa shape index (κ1) is 20.8. The van der Waals surface area contributed by atoms with Gasteiger partial charge in [0.2, 0.25) is 11.6 Å². The summed E-state index contributed by atoms with van der Waals surface area (Å²) in [5.74, 6) is -0.125. The zero-order valence-corrected chi connectivity index (χ0v) is 17.6. The number of nitrogens with zero attached hydrogens (tertiary/aromatic N) is 6. The highest BCUT2D eigenvalue weighted by atomic mass is 16.6. The van der Waals surface area contributed by atoms with Crippen LogP contribution in [0.15, 0.2) is 4.63 Å². The maximum absolute atomic E-state index is 12.6. The van der Waals surface area contributed by atoms with Crippen molar-refractivity contribution in [1.82, 2.24) is 30.2 Å². The molecule has 2 fully saturated rings. The first-order valence-electron chi connectivity index (χ1n) is 11.1. The number of nitrogens with two attached hydrogens (primary N) is 1. The van der Waals surface area contributed by atoms with Crippen LogP contribution in [0.25, 0.3) is 5.82 Å². The Bertz CT molecular complexity index is 819. The summed E-state index contributed by atoms with van der Waals surface area (Å²) in [5, 5.41) is 15.8. The van der Waals surface area contributed by atoms with Crippen LogP contribution < -0.4 is 5.73 Å². The second-order valence-corrected chi connectivity index (χ2v) is 8.25. The fourth-order valence-corrected chi connectivity index (χ4v) is 4.86. The summed E-state index contributed by atoms with van der Waals surface area (Å²) in [4.78, 5) is 15.2. The van der Waals surface area contributed by atoms with Crippen LogP contribution in [-0.2, 0) is 11.3 Å². The average molecular weight is 418 g/mol. The minimum absolute atomic E-state index is 0.110. The lowest BCUT2D eigenvalue weighted by Crippen LogP contribution is -2.45. The third-order valence-corrected chi connectivity index (χ3v) is 6.35. The summed E-state index contributed by atoms with van der Waals surface area (Å²) in [5.41, 5.74) is 6.75. The third kappa shape index (κ3) is 4.33. The van der Waals surface area contributed by atoms with Gasteiger partial charge >= 0.3 is 5.97 Å². The van der Waals surface area contributed by atoms with Crippen molar-refractivity contribution in [2.75, 3.05) is 12.3 Å². The second-order valence-electron chi connectivity index (χ2n) is 8.25. The fourth-order valence-electron chi connectivity index (χ4n) is 4.86. The number of carbonyl (C=O) groups excluding carboxylic acids is 1. The van der Waals surface area contributed by atoms with Crippen LogP contribution in [0.3, 0.4) is 0 Å². The van der Waals surface area contributed by atoms with Gasteiger partial charge < -0.3 is 10.5 Å². The molecule has 0 spiro atoms. The van der Waals surface area contributed by atoms with Crippen molar-refractivity contribution in [3.05, 3.63) is 11.4 Å². The number of aromatic nitrogens is 5. The van der Waals surface area contributed by atoms with Crippen LogP contribution in [0, 0.1) is 0 Å². The summed E-state index contributed by atoms with van der Waals surface area (Å²) in [6, 6.07) is 0.987. The van der Waals surface area contributed by atoms with Gasteiger partial charge in [0.1, 0.15) is 0 Å². The predicted molar refractivity (Wildman–Crippen MR) is 109 cm³/mol. The van der Waals surface area contributed by atoms with E-state index in [2.05, 4.69) is 25.5 Å². The zero-order chi connectivity index (χ0) is 20.9. The van der Waals surface area contributed by atoms with Gasteiger partial charge in [-0.15, -0.1) is 5.10 Å². The van der Waals surface area contributed by atoms with Crippen molar-refractivity contribution in [2.45, 2.75) is 89.8 Å². The molecule has 4 rings (SSSR count). The van der Waals surface area contributed by atoms with E-state index in [9.17, 15) is 4.79 Å². The molecule has 10 heteroatoms. The number of nitrogen functional groups attached to an aromatic ring is 1. The largest absolute Gasteiger partial charge is 0.461 e. The molecule has 2 aromatic rings. The van der Waals surface area contributed by atoms with Gasteiger partial charge in [-0.3, -0.25) is 4.90 Å². The van der Waals surface area contributed by atoms with Crippen LogP contribution in [-0.4, -0.2) is 54.9 Å². The Hall–Kier alpha value is -2.49. The van der Waals surface area contributed by atoms with Gasteiger partial charge in [-0.05, 0) is 42.9 Å². The number of rotatable bonds is 7. The van der Waals surface area contributed by atoms with Crippen LogP contribution >= 0.6 is 0 Å². The Morgan fingerprint density at radius 3 is 2.27 bits per heavy atom. The highest BCUT2D eigenvalue weighted by Crippen LogP contribution is 2.32. The number of ether oxygens (including phenoxy) is 1. The van der Waals surface area contributed by atoms with E-state index in [0.29, 0.717) is 24.3 Å². The maximum atomic E-state index is 12.6. The molecule has 0 radical (unpaired) electrons. The van der Waals surface area contributed by atoms with Gasteiger partial charge in [0, 0.05) is 18.6 Å². The minimum Gasteiger partial charge on any atom is -0.461 e. The Morgan fingerprint density at radius 2 is 1.73 bits per heavy atom. The molecular formula is C20H31N7O3. The Balaban J connectivity index is 1.70. The van der Waals surface area contributed by atoms with Crippen molar-refractivity contribution < 1.29 is 14.2 Å². The molecule has 0 unspecified atom stereocenters. The smallest absolute Gasteiger partial charge is 0.360 e. The molecule has 164 valence electrons. The van der Waals surface area contributed by atoms with Crippen molar-refractivity contribution in [2.24, 2.45) is 0 Å². The lowest BCUT2D eigenvalue weighted by Gasteiger charge is -2.41. The highest BCUT2D eigenvalue weighted by molar-refractivity contribution is 5.88. The maximum Gasteiger partial charge on any atom is 0.360 e. The summed E-state index contributed by atoms with van der Waals surface area (Å²) in [6.07, 6.45) is 12.3. The van der Waals surface area contributed by atoms with Crippen molar-refractivity contribution in [3.63, 3.8) is 0 Å². The highest BCUT2D eigenvalue weighted by Gasteiger charge is 2.33. The molecule has 2 aliphatic carbocycles. The SMILES string of the molecule is CCOC(=O)c1nnn(-c2nonc2N)c1CN(C1CCCCC1)C1CCCCC1. The number of carbonyl (C=O) groups is 1. The van der Waals surface area contributed by atoms with Gasteiger partial charge in [0.15, 0.2) is 5.69 Å². The molecule has 0 bridgehead atoms. The van der Waals surface area contributed by atoms with E-state index in [0.717, 1.165) is 0 Å². The molecular weight excluding hydrogens is 386 g/mol. The van der Waals surface area contributed by atoms with Crippen molar-refractivity contribution >= 4 is 11.8 Å². The van der Waals surface area contributed by atoms with Crippen molar-refractivity contribution in [1.29, 1.82) is 0 Å². The van der Waals surface area contributed by atoms with E-state index >= 15 is 0 Å². The zero-order valence-electron chi connectivity index (χ0n) is 17.6. The molecule has 0 aromatic carbocycles. The Kier molecular flexibility index (Phi) is 6.61. The summed E-state index contributed by atoms with van der Waals surface area (Å²) < 4.78 is 11.5. The first-order valence-corrected chi connectivity index (χ1v) is 11.1. The lowest BCUT2D eigenvalue weighted by molar-refractivity contribution is 0.0504. The Labute approximate surface area is 176 Å². The quantitative estimate of drug-likeness (QED) is 0.677. The second kappa shape index (κ2) is 9.55. The van der Waals surface area contributed by atoms with Gasteiger partial charge in [0.05, 0.1) is 12.3 Å². The summed E-state index contributed by atoms with van der Waals surface area (Å²) >= 11 is 0. The van der Waals surface area contributed by atoms with Crippen LogP contribution in [0.4, 0.5) is 5.82 Å². The van der Waals surface area contributed by atoms with Gasteiger partial charge in [-0.2, -0.15) is 4.68 Å². The number of hydrogen-bond acceptors (Lipinski definition) is 9. The molecule has 0 atom stereocenters. The average Bonchev–Trinajstić information content (AvgIpc) is 3.39. The van der Waals surface area contributed by atoms with E-state index < -0.39 is 5.97 Å². The molecule has 2 aromatic heterocycles. The van der Waals surface area contributed by atoms with Gasteiger partial charge in [0.25, 0.3) is 0 Å². The molecule has 2 heterocycles. The van der Waals surface area contributed by atoms with E-state index in [-0.39, 0.29) is 23.9 Å². The first-order chi connectivity index (χ1) is 14.7. The topological polar surface area (TPSA) is 125 Å². The van der Waals surface area contributed by atoms with Gasteiger partial charge in [-0.25, -0.2) is 9.42 Å². The molecule has 10 nitrogen and oxygen atoms in total. The number of anilines is 1. The van der Waals surface area contributed by atoms with E-state index in [4.69, 9.17) is 15.1 Å². The lowest BCUT2D eigenvalue weighted by atomic mass is 9.88. The molecule has 30 heavy (non-hydrogen) atoms. The molecule has 2 N–H and O–H groups in total. The molecule has 0 saturated heterocycles. The standard InChI is InChI=1S/C20H31N7O3/c1-2-29-20(28)17-16(27(25-22-17)19-18(21)23-30-24-19)13-26(14-9-5-3-6-10-14)15-11-7-4-8-12-15/h14-15H,2-13H2,1H3,(H2,21,23). The van der Waals surface area contributed by atoms with E-state index in [1.165, 1.54) is 68.9 Å². The Morgan fingerprint density at radius 1 is 1.10 bits per heavy atom. The molecule has 2 aliphatic rings. The van der Waals surface area contributed by atoms with Crippen LogP contribution in [0.5, 0.6) is 0 Å². The van der Waals surface area contributed by atoms with Crippen LogP contribution in [0.1, 0.15) is 87.3 Å². The normalized spacial score (nSPS) is 18.7. The molecule has 0 aliphatic heterocycles. The monoisotopic (exact) mass is 417 g/mol. The number of hydrogen-bond donors (Lipinski definition) is 1. The molecule has 2 saturated carbocycles. The minimum atomic E-state index is -0.485. The third-order valence-electron chi connectivity index (χ3n) is 6.35. The summed E-state index contributed by atoms with van der Waals surface area (Å²) in [7, 11) is 0. The number of esters is 1. The van der Waals surface area contributed by atoms with E-state index in [1.54, 1.807) is 6.92 Å². The van der Waals surface area contributed by atoms with Gasteiger partial charge in [-0.1, -0.05) is 43.7 Å². The summed E-state index contributed by atoms with van der Waals surface area (Å²) in [6.45, 7) is 2.59. The van der Waals surface area contributed by atoms with Crippen LogP contribution in [0.2, 0.25) is 0 Å².